The first-order chi connectivity index (χ1) is 10.6. The normalized spacial score (nSPS) is 18.0. The molecule has 2 N–H and O–H groups in total. The van der Waals surface area contributed by atoms with Crippen molar-refractivity contribution in [3.05, 3.63) is 35.5 Å². The molecular weight excluding hydrogens is 280 g/mol. The summed E-state index contributed by atoms with van der Waals surface area (Å²) in [5.41, 5.74) is 3.19. The number of carbonyl (C=O) groups excluding carboxylic acids is 1. The Bertz CT molecular complexity index is 720. The van der Waals surface area contributed by atoms with E-state index in [0.717, 1.165) is 34.9 Å². The third-order valence-corrected chi connectivity index (χ3v) is 4.46. The van der Waals surface area contributed by atoms with E-state index in [1.165, 1.54) is 0 Å². The van der Waals surface area contributed by atoms with Crippen molar-refractivity contribution in [1.29, 1.82) is 0 Å². The molecular formula is C17H20N2O3. The molecule has 0 aliphatic carbocycles. The Hall–Kier alpha value is -2.30. The number of carboxylic acids is 1. The molecule has 1 aliphatic rings. The van der Waals surface area contributed by atoms with Gasteiger partial charge in [0.15, 0.2) is 0 Å². The number of hydrogen-bond acceptors (Lipinski definition) is 2. The molecule has 1 aromatic heterocycles. The van der Waals surface area contributed by atoms with Gasteiger partial charge in [-0.2, -0.15) is 0 Å². The Morgan fingerprint density at radius 3 is 3.00 bits per heavy atom. The van der Waals surface area contributed by atoms with Crippen LogP contribution in [0.5, 0.6) is 0 Å². The maximum Gasteiger partial charge on any atom is 0.305 e. The van der Waals surface area contributed by atoms with E-state index in [4.69, 9.17) is 5.11 Å². The molecule has 116 valence electrons. The number of likely N-dealkylation sites (tertiary alicyclic amines) is 1. The lowest BCUT2D eigenvalue weighted by Crippen LogP contribution is -2.37. The van der Waals surface area contributed by atoms with Gasteiger partial charge in [-0.05, 0) is 30.9 Å². The number of aryl methyl sites for hydroxylation is 1. The van der Waals surface area contributed by atoms with Crippen molar-refractivity contribution in [2.24, 2.45) is 0 Å². The summed E-state index contributed by atoms with van der Waals surface area (Å²) in [6.45, 7) is 2.70. The minimum atomic E-state index is -0.840. The summed E-state index contributed by atoms with van der Waals surface area (Å²) in [5, 5.41) is 10.0. The van der Waals surface area contributed by atoms with Gasteiger partial charge in [-0.3, -0.25) is 9.59 Å². The number of aromatic amines is 1. The van der Waals surface area contributed by atoms with Gasteiger partial charge in [-0.25, -0.2) is 0 Å². The second kappa shape index (κ2) is 5.83. The van der Waals surface area contributed by atoms with E-state index < -0.39 is 5.97 Å². The van der Waals surface area contributed by atoms with Crippen molar-refractivity contribution in [1.82, 2.24) is 9.88 Å². The third-order valence-electron chi connectivity index (χ3n) is 4.46. The number of carbonyl (C=O) groups is 2. The molecule has 1 fully saturated rings. The number of fused-ring (bicyclic) bond motifs is 1. The van der Waals surface area contributed by atoms with Crippen molar-refractivity contribution in [2.75, 3.05) is 6.54 Å². The highest BCUT2D eigenvalue weighted by atomic mass is 16.4. The van der Waals surface area contributed by atoms with E-state index in [-0.39, 0.29) is 18.4 Å². The summed E-state index contributed by atoms with van der Waals surface area (Å²) in [6.07, 6.45) is 3.91. The summed E-state index contributed by atoms with van der Waals surface area (Å²) in [6, 6.07) is 5.88. The van der Waals surface area contributed by atoms with Crippen LogP contribution in [0.2, 0.25) is 0 Å². The molecule has 1 aliphatic heterocycles. The summed E-state index contributed by atoms with van der Waals surface area (Å²) >= 11 is 0. The molecule has 5 heteroatoms. The molecule has 0 spiro atoms. The minimum absolute atomic E-state index is 0.0196. The molecule has 1 atom stereocenters. The highest BCUT2D eigenvalue weighted by Crippen LogP contribution is 2.25. The number of benzene rings is 1. The average molecular weight is 300 g/mol. The zero-order valence-electron chi connectivity index (χ0n) is 12.6. The minimum Gasteiger partial charge on any atom is -0.481 e. The number of aliphatic carboxylic acids is 1. The van der Waals surface area contributed by atoms with E-state index in [1.807, 2.05) is 31.3 Å². The van der Waals surface area contributed by atoms with Crippen LogP contribution in [0.3, 0.4) is 0 Å². The quantitative estimate of drug-likeness (QED) is 0.911. The molecule has 2 aromatic rings. The summed E-state index contributed by atoms with van der Waals surface area (Å²) in [7, 11) is 0. The number of para-hydroxylation sites is 1. The van der Waals surface area contributed by atoms with Gasteiger partial charge >= 0.3 is 5.97 Å². The van der Waals surface area contributed by atoms with Crippen LogP contribution in [0.25, 0.3) is 10.9 Å². The fourth-order valence-corrected chi connectivity index (χ4v) is 3.35. The van der Waals surface area contributed by atoms with Gasteiger partial charge < -0.3 is 15.0 Å². The van der Waals surface area contributed by atoms with Crippen LogP contribution in [0.15, 0.2) is 24.4 Å². The van der Waals surface area contributed by atoms with Gasteiger partial charge in [-0.1, -0.05) is 18.2 Å². The standard InChI is InChI=1S/C17H20N2O3/c1-11-4-2-6-14-12(10-18-17(11)14)8-15(20)19-7-3-5-13(19)9-16(21)22/h2,4,6,10,13,18H,3,5,7-9H2,1H3,(H,21,22). The number of nitrogens with one attached hydrogen (secondary N) is 1. The SMILES string of the molecule is Cc1cccc2c(CC(=O)N3CCCC3CC(=O)O)c[nH]c12. The van der Waals surface area contributed by atoms with Crippen LogP contribution in [0.4, 0.5) is 0 Å². The molecule has 1 amide bonds. The highest BCUT2D eigenvalue weighted by molar-refractivity contribution is 5.90. The highest BCUT2D eigenvalue weighted by Gasteiger charge is 2.30. The molecule has 22 heavy (non-hydrogen) atoms. The maximum atomic E-state index is 12.6. The lowest BCUT2D eigenvalue weighted by Gasteiger charge is -2.23. The first-order valence-electron chi connectivity index (χ1n) is 7.63. The Labute approximate surface area is 128 Å². The second-order valence-corrected chi connectivity index (χ2v) is 5.97. The number of carboxylic acid groups (broad SMARTS) is 1. The van der Waals surface area contributed by atoms with E-state index in [9.17, 15) is 9.59 Å². The molecule has 1 aromatic carbocycles. The smallest absolute Gasteiger partial charge is 0.305 e. The molecule has 3 rings (SSSR count). The molecule has 5 nitrogen and oxygen atoms in total. The lowest BCUT2D eigenvalue weighted by atomic mass is 10.1. The molecule has 2 heterocycles. The van der Waals surface area contributed by atoms with Crippen molar-refractivity contribution < 1.29 is 14.7 Å². The van der Waals surface area contributed by atoms with Gasteiger partial charge in [0.25, 0.3) is 0 Å². The summed E-state index contributed by atoms with van der Waals surface area (Å²) in [4.78, 5) is 28.4. The first kappa shape index (κ1) is 14.6. The van der Waals surface area contributed by atoms with Crippen LogP contribution in [-0.4, -0.2) is 39.5 Å². The predicted octanol–water partition coefficient (Wildman–Crippen LogP) is 2.48. The summed E-state index contributed by atoms with van der Waals surface area (Å²) < 4.78 is 0. The largest absolute Gasteiger partial charge is 0.481 e. The van der Waals surface area contributed by atoms with Crippen molar-refractivity contribution >= 4 is 22.8 Å². The number of nitrogens with zero attached hydrogens (tertiary/aromatic N) is 1. The van der Waals surface area contributed by atoms with Crippen LogP contribution >= 0.6 is 0 Å². The van der Waals surface area contributed by atoms with Crippen LogP contribution in [0.1, 0.15) is 30.4 Å². The maximum absolute atomic E-state index is 12.6. The Kier molecular flexibility index (Phi) is 3.88. The van der Waals surface area contributed by atoms with Gasteiger partial charge in [0.2, 0.25) is 5.91 Å². The fourth-order valence-electron chi connectivity index (χ4n) is 3.35. The predicted molar refractivity (Wildman–Crippen MR) is 83.7 cm³/mol. The van der Waals surface area contributed by atoms with E-state index in [2.05, 4.69) is 4.98 Å². The summed E-state index contributed by atoms with van der Waals surface area (Å²) in [5.74, 6) is -0.821. The van der Waals surface area contributed by atoms with Crippen molar-refractivity contribution in [2.45, 2.75) is 38.6 Å². The zero-order chi connectivity index (χ0) is 15.7. The average Bonchev–Trinajstić information content (AvgIpc) is 3.06. The van der Waals surface area contributed by atoms with E-state index in [0.29, 0.717) is 13.0 Å². The lowest BCUT2D eigenvalue weighted by molar-refractivity contribution is -0.139. The van der Waals surface area contributed by atoms with Crippen LogP contribution in [-0.2, 0) is 16.0 Å². The molecule has 1 saturated heterocycles. The Morgan fingerprint density at radius 2 is 2.23 bits per heavy atom. The number of rotatable bonds is 4. The van der Waals surface area contributed by atoms with E-state index >= 15 is 0 Å². The van der Waals surface area contributed by atoms with Gasteiger partial charge in [0.1, 0.15) is 0 Å². The third kappa shape index (κ3) is 2.71. The van der Waals surface area contributed by atoms with Gasteiger partial charge in [0, 0.05) is 29.7 Å². The fraction of sp³-hybridized carbons (Fsp3) is 0.412. The topological polar surface area (TPSA) is 73.4 Å². The Morgan fingerprint density at radius 1 is 1.41 bits per heavy atom. The molecule has 0 radical (unpaired) electrons. The van der Waals surface area contributed by atoms with Gasteiger partial charge in [0.05, 0.1) is 12.8 Å². The van der Waals surface area contributed by atoms with Crippen molar-refractivity contribution in [3.63, 3.8) is 0 Å². The van der Waals surface area contributed by atoms with Gasteiger partial charge in [-0.15, -0.1) is 0 Å². The monoisotopic (exact) mass is 300 g/mol. The number of aromatic nitrogens is 1. The molecule has 0 saturated carbocycles. The van der Waals surface area contributed by atoms with Crippen LogP contribution in [0, 0.1) is 6.92 Å². The second-order valence-electron chi connectivity index (χ2n) is 5.97. The Balaban J connectivity index is 1.78. The van der Waals surface area contributed by atoms with Crippen LogP contribution < -0.4 is 0 Å². The number of amides is 1. The number of hydrogen-bond donors (Lipinski definition) is 2. The molecule has 1 unspecified atom stereocenters. The first-order valence-corrected chi connectivity index (χ1v) is 7.63. The van der Waals surface area contributed by atoms with Crippen molar-refractivity contribution in [3.8, 4) is 0 Å². The number of H-pyrrole nitrogens is 1. The molecule has 0 bridgehead atoms. The zero-order valence-corrected chi connectivity index (χ0v) is 12.6. The van der Waals surface area contributed by atoms with E-state index in [1.54, 1.807) is 4.90 Å².